The highest BCUT2D eigenvalue weighted by molar-refractivity contribution is 6.73. The van der Waals surface area contributed by atoms with E-state index in [1.165, 1.54) is 6.92 Å². The van der Waals surface area contributed by atoms with Crippen molar-refractivity contribution in [1.29, 1.82) is 0 Å². The molecule has 17 heteroatoms. The summed E-state index contributed by atoms with van der Waals surface area (Å²) < 4.78 is 44.6. The van der Waals surface area contributed by atoms with Crippen LogP contribution in [0.25, 0.3) is 0 Å². The topological polar surface area (TPSA) is 220 Å². The number of aliphatic hydroxyl groups is 2. The lowest BCUT2D eigenvalue weighted by Crippen LogP contribution is -2.82. The molecule has 4 aliphatic rings. The second-order valence-corrected chi connectivity index (χ2v) is 26.3. The molecule has 16 nitrogen and oxygen atoms in total. The van der Waals surface area contributed by atoms with Crippen LogP contribution in [0.3, 0.4) is 0 Å². The molecule has 3 N–H and O–H groups in total. The van der Waals surface area contributed by atoms with Crippen LogP contribution in [0.5, 0.6) is 0 Å². The largest absolute Gasteiger partial charge is 0.456 e. The summed E-state index contributed by atoms with van der Waals surface area (Å²) in [6.07, 6.45) is -8.18. The van der Waals surface area contributed by atoms with Crippen LogP contribution in [0.1, 0.15) is 140 Å². The quantitative estimate of drug-likeness (QED) is 0.0640. The van der Waals surface area contributed by atoms with Gasteiger partial charge < -0.3 is 48.4 Å². The number of esters is 4. The van der Waals surface area contributed by atoms with Crippen molar-refractivity contribution in [3.63, 3.8) is 0 Å². The van der Waals surface area contributed by atoms with Crippen LogP contribution < -0.4 is 5.32 Å². The molecule has 3 fully saturated rings. The van der Waals surface area contributed by atoms with Crippen LogP contribution in [0, 0.1) is 22.7 Å². The number of benzene rings is 1. The van der Waals surface area contributed by atoms with Gasteiger partial charge >= 0.3 is 30.0 Å². The molecule has 1 saturated heterocycles. The Kier molecular flexibility index (Phi) is 16.0. The first-order chi connectivity index (χ1) is 31.5. The number of amides is 1. The smallest absolute Gasteiger partial charge is 0.407 e. The fourth-order valence-electron chi connectivity index (χ4n) is 11.5. The van der Waals surface area contributed by atoms with E-state index < -0.39 is 126 Å². The highest BCUT2D eigenvalue weighted by Gasteiger charge is 2.79. The Morgan fingerprint density at radius 3 is 2.01 bits per heavy atom. The van der Waals surface area contributed by atoms with Crippen LogP contribution in [-0.4, -0.2) is 120 Å². The van der Waals surface area contributed by atoms with E-state index >= 15 is 4.79 Å². The lowest BCUT2D eigenvalue weighted by molar-refractivity contribution is -0.344. The zero-order chi connectivity index (χ0) is 51.2. The van der Waals surface area contributed by atoms with Gasteiger partial charge in [0.1, 0.15) is 29.5 Å². The third-order valence-electron chi connectivity index (χ3n) is 15.6. The number of ether oxygens (including phenoxy) is 6. The zero-order valence-electron chi connectivity index (χ0n) is 42.9. The Hall–Kier alpha value is -4.16. The van der Waals surface area contributed by atoms with Gasteiger partial charge in [-0.15, -0.1) is 0 Å². The minimum Gasteiger partial charge on any atom is -0.456 e. The number of fused-ring (bicyclic) bond motifs is 5. The Morgan fingerprint density at radius 2 is 1.53 bits per heavy atom. The summed E-state index contributed by atoms with van der Waals surface area (Å²) in [5.41, 5.74) is -10.3. The van der Waals surface area contributed by atoms with Gasteiger partial charge in [-0.3, -0.25) is 14.4 Å². The predicted molar refractivity (Wildman–Crippen MR) is 253 cm³/mol. The van der Waals surface area contributed by atoms with Gasteiger partial charge in [-0.05, 0) is 94.8 Å². The van der Waals surface area contributed by atoms with Crippen molar-refractivity contribution in [3.05, 3.63) is 47.0 Å². The second-order valence-electron chi connectivity index (χ2n) is 21.6. The molecule has 1 aromatic carbocycles. The monoisotopic (exact) mass is 972 g/mol. The normalized spacial score (nSPS) is 31.3. The Bertz CT molecular complexity index is 2110. The second kappa shape index (κ2) is 19.9. The molecule has 2 bridgehead atoms. The first-order valence-corrected chi connectivity index (χ1v) is 26.8. The average Bonchev–Trinajstić information content (AvgIpc) is 3.24. The Morgan fingerprint density at radius 1 is 0.926 bits per heavy atom. The molecule has 1 aromatic rings. The summed E-state index contributed by atoms with van der Waals surface area (Å²) in [4.78, 5) is 85.9. The van der Waals surface area contributed by atoms with Gasteiger partial charge in [0.15, 0.2) is 31.4 Å². The maximum atomic E-state index is 16.3. The van der Waals surface area contributed by atoms with E-state index in [1.807, 2.05) is 34.6 Å². The molecule has 1 aliphatic heterocycles. The van der Waals surface area contributed by atoms with Crippen molar-refractivity contribution < 1.29 is 71.8 Å². The first kappa shape index (κ1) is 54.8. The molecule has 0 spiro atoms. The molecule has 380 valence electrons. The fraction of sp³-hybridized carbons (Fsp3) is 0.725. The van der Waals surface area contributed by atoms with E-state index in [9.17, 15) is 34.2 Å². The lowest BCUT2D eigenvalue weighted by Gasteiger charge is -2.68. The average molecular weight is 972 g/mol. The van der Waals surface area contributed by atoms with Crippen LogP contribution in [0.4, 0.5) is 4.79 Å². The van der Waals surface area contributed by atoms with Crippen LogP contribution >= 0.6 is 0 Å². The minimum absolute atomic E-state index is 0.0808. The number of carbonyl (C=O) groups is 6. The van der Waals surface area contributed by atoms with E-state index in [0.717, 1.165) is 6.92 Å². The zero-order valence-corrected chi connectivity index (χ0v) is 43.9. The molecule has 0 unspecified atom stereocenters. The SMILES string of the molecule is CC[C@@](O)(C(=O)O[C@H]1C[C@@]2(O)[C@@H](OC(=O)c3ccccc3)[C@@H]3[C@]4(OC(C)=O)CO[C@@H]4C[C@H](O[Si](CC)(CC)CC)[C@@]3(C)C(=O)[C@H](OC(C)=O)C(=C1C)C2(C)C)[C@H](CC(C)C)NC(=O)OC(C)(C)C. The van der Waals surface area contributed by atoms with Gasteiger partial charge in [0.05, 0.1) is 35.6 Å². The molecule has 1 amide bonds. The number of ketones is 1. The summed E-state index contributed by atoms with van der Waals surface area (Å²) in [5, 5.41) is 29.2. The van der Waals surface area contributed by atoms with Gasteiger partial charge in [-0.2, -0.15) is 0 Å². The number of rotatable bonds is 16. The molecule has 11 atom stereocenters. The molecule has 68 heavy (non-hydrogen) atoms. The maximum absolute atomic E-state index is 16.3. The van der Waals surface area contributed by atoms with Gasteiger partial charge in [0.25, 0.3) is 0 Å². The Labute approximate surface area is 403 Å². The van der Waals surface area contributed by atoms with Gasteiger partial charge in [0, 0.05) is 32.1 Å². The molecule has 3 aliphatic carbocycles. The van der Waals surface area contributed by atoms with Crippen molar-refractivity contribution in [1.82, 2.24) is 5.32 Å². The van der Waals surface area contributed by atoms with E-state index in [1.54, 1.807) is 85.7 Å². The summed E-state index contributed by atoms with van der Waals surface area (Å²) in [7, 11) is -2.63. The lowest BCUT2D eigenvalue weighted by atomic mass is 9.44. The van der Waals surface area contributed by atoms with E-state index in [2.05, 4.69) is 5.32 Å². The number of nitrogens with one attached hydrogen (secondary N) is 1. The molecular formula is C51H77NO15Si. The highest BCUT2D eigenvalue weighted by atomic mass is 28.4. The molecular weight excluding hydrogens is 895 g/mol. The number of hydrogen-bond acceptors (Lipinski definition) is 15. The van der Waals surface area contributed by atoms with Crippen molar-refractivity contribution >= 4 is 44.1 Å². The number of alkyl carbamates (subject to hydrolysis) is 1. The number of carbonyl (C=O) groups excluding carboxylic acids is 6. The Balaban J connectivity index is 1.84. The van der Waals surface area contributed by atoms with Crippen LogP contribution in [0.15, 0.2) is 41.5 Å². The van der Waals surface area contributed by atoms with Gasteiger partial charge in [-0.1, -0.05) is 73.6 Å². The third-order valence-corrected chi connectivity index (χ3v) is 20.2. The summed E-state index contributed by atoms with van der Waals surface area (Å²) in [6, 6.07) is 8.96. The van der Waals surface area contributed by atoms with Gasteiger partial charge in [-0.25, -0.2) is 14.4 Å². The minimum atomic E-state index is -2.63. The summed E-state index contributed by atoms with van der Waals surface area (Å²) in [5.74, 6) is -5.78. The van der Waals surface area contributed by atoms with E-state index in [4.69, 9.17) is 32.8 Å². The van der Waals surface area contributed by atoms with Crippen molar-refractivity contribution in [2.75, 3.05) is 6.61 Å². The molecule has 1 heterocycles. The van der Waals surface area contributed by atoms with Gasteiger partial charge in [0.2, 0.25) is 0 Å². The number of hydrogen-bond donors (Lipinski definition) is 3. The summed E-state index contributed by atoms with van der Waals surface area (Å²) in [6.45, 7) is 25.1. The van der Waals surface area contributed by atoms with Crippen molar-refractivity contribution in [3.8, 4) is 0 Å². The van der Waals surface area contributed by atoms with Crippen molar-refractivity contribution in [2.45, 2.75) is 207 Å². The maximum Gasteiger partial charge on any atom is 0.407 e. The van der Waals surface area contributed by atoms with Crippen LogP contribution in [0.2, 0.25) is 18.1 Å². The summed E-state index contributed by atoms with van der Waals surface area (Å²) >= 11 is 0. The standard InChI is InChI=1S/C51H77NO15Si/c1-16-49(59,35(25-29(5)6)52-45(58)66-46(10,11)12)44(57)63-34-27-51(60)42(64-43(56)33-23-21-20-22-24-33)40-48(15,41(55)39(62-31(8)53)38(30(34)7)47(51,13)14)36(67-68(17-2,18-3)19-4)26-37-50(40,28-61-37)65-32(9)54/h20-24,29,34-37,39-40,42,59-60H,16-19,25-28H2,1-15H3,(H,52,58)/t34-,35-,36-,37+,39+,40-,42-,48+,49-,50-,51+/m0/s1. The third kappa shape index (κ3) is 9.80. The molecule has 0 radical (unpaired) electrons. The highest BCUT2D eigenvalue weighted by Crippen LogP contribution is 2.65. The first-order valence-electron chi connectivity index (χ1n) is 24.3. The molecule has 5 rings (SSSR count). The number of Topliss-reactive ketones (excluding diaryl/α,β-unsaturated/α-hetero) is 1. The van der Waals surface area contributed by atoms with Crippen molar-refractivity contribution in [2.24, 2.45) is 22.7 Å². The predicted octanol–water partition coefficient (Wildman–Crippen LogP) is 7.31. The molecule has 2 saturated carbocycles. The fourth-order valence-corrected chi connectivity index (χ4v) is 14.5. The van der Waals surface area contributed by atoms with E-state index in [-0.39, 0.29) is 48.5 Å². The van der Waals surface area contributed by atoms with E-state index in [0.29, 0.717) is 18.1 Å². The van der Waals surface area contributed by atoms with Crippen LogP contribution in [-0.2, 0) is 52.0 Å². The molecule has 0 aromatic heterocycles.